The van der Waals surface area contributed by atoms with Crippen LogP contribution in [-0.2, 0) is 5.41 Å². The van der Waals surface area contributed by atoms with Crippen molar-refractivity contribution < 1.29 is 4.42 Å². The van der Waals surface area contributed by atoms with E-state index in [0.717, 1.165) is 19.0 Å². The summed E-state index contributed by atoms with van der Waals surface area (Å²) in [5.41, 5.74) is 0.0846. The fraction of sp³-hybridized carbons (Fsp3) is 0.714. The Balaban J connectivity index is 2.28. The van der Waals surface area contributed by atoms with Crippen LogP contribution < -0.4 is 5.32 Å². The standard InChI is InChI=1S/C7H11N3O/c1-5-9-10-6(11-5)7(2)3-8-4-7/h8H,3-4H2,1-2H3. The first-order valence-corrected chi connectivity index (χ1v) is 3.72. The molecule has 1 saturated heterocycles. The van der Waals surface area contributed by atoms with Gasteiger partial charge in [-0.1, -0.05) is 0 Å². The van der Waals surface area contributed by atoms with E-state index in [1.807, 2.05) is 6.92 Å². The monoisotopic (exact) mass is 153 g/mol. The van der Waals surface area contributed by atoms with E-state index in [9.17, 15) is 0 Å². The molecule has 4 nitrogen and oxygen atoms in total. The highest BCUT2D eigenvalue weighted by Crippen LogP contribution is 2.25. The molecule has 0 aliphatic carbocycles. The van der Waals surface area contributed by atoms with E-state index >= 15 is 0 Å². The van der Waals surface area contributed by atoms with Crippen molar-refractivity contribution >= 4 is 0 Å². The Labute approximate surface area is 65.0 Å². The van der Waals surface area contributed by atoms with Gasteiger partial charge < -0.3 is 9.73 Å². The molecule has 1 aromatic rings. The van der Waals surface area contributed by atoms with E-state index in [1.54, 1.807) is 0 Å². The van der Waals surface area contributed by atoms with E-state index < -0.39 is 0 Å². The minimum absolute atomic E-state index is 0.0846. The van der Waals surface area contributed by atoms with Crippen LogP contribution in [-0.4, -0.2) is 23.3 Å². The lowest BCUT2D eigenvalue weighted by Gasteiger charge is -2.35. The van der Waals surface area contributed by atoms with Crippen LogP contribution in [0.4, 0.5) is 0 Å². The predicted molar refractivity (Wildman–Crippen MR) is 39.3 cm³/mol. The Morgan fingerprint density at radius 1 is 1.45 bits per heavy atom. The first-order chi connectivity index (χ1) is 5.21. The van der Waals surface area contributed by atoms with Gasteiger partial charge in [-0.05, 0) is 6.92 Å². The highest BCUT2D eigenvalue weighted by molar-refractivity contribution is 5.09. The molecule has 0 saturated carbocycles. The van der Waals surface area contributed by atoms with Crippen LogP contribution in [0.25, 0.3) is 0 Å². The summed E-state index contributed by atoms with van der Waals surface area (Å²) in [5.74, 6) is 1.40. The topological polar surface area (TPSA) is 51.0 Å². The molecule has 1 aliphatic rings. The van der Waals surface area contributed by atoms with Crippen LogP contribution >= 0.6 is 0 Å². The Morgan fingerprint density at radius 2 is 2.18 bits per heavy atom. The average molecular weight is 153 g/mol. The van der Waals surface area contributed by atoms with Crippen molar-refractivity contribution in [2.24, 2.45) is 0 Å². The summed E-state index contributed by atoms with van der Waals surface area (Å²) < 4.78 is 5.33. The number of hydrogen-bond acceptors (Lipinski definition) is 4. The van der Waals surface area contributed by atoms with Crippen LogP contribution in [0.15, 0.2) is 4.42 Å². The third-order valence-electron chi connectivity index (χ3n) is 2.07. The van der Waals surface area contributed by atoms with Gasteiger partial charge in [0.25, 0.3) is 0 Å². The van der Waals surface area contributed by atoms with Crippen molar-refractivity contribution in [3.8, 4) is 0 Å². The van der Waals surface area contributed by atoms with Crippen LogP contribution in [0.3, 0.4) is 0 Å². The summed E-state index contributed by atoms with van der Waals surface area (Å²) in [6, 6.07) is 0. The number of aryl methyl sites for hydroxylation is 1. The first-order valence-electron chi connectivity index (χ1n) is 3.72. The van der Waals surface area contributed by atoms with Crippen molar-refractivity contribution in [3.05, 3.63) is 11.8 Å². The lowest BCUT2D eigenvalue weighted by molar-refractivity contribution is 0.239. The molecule has 11 heavy (non-hydrogen) atoms. The van der Waals surface area contributed by atoms with Crippen molar-refractivity contribution in [2.45, 2.75) is 19.3 Å². The van der Waals surface area contributed by atoms with Crippen molar-refractivity contribution in [2.75, 3.05) is 13.1 Å². The van der Waals surface area contributed by atoms with E-state index in [4.69, 9.17) is 4.42 Å². The minimum atomic E-state index is 0.0846. The van der Waals surface area contributed by atoms with Crippen LogP contribution in [0, 0.1) is 6.92 Å². The molecule has 0 unspecified atom stereocenters. The van der Waals surface area contributed by atoms with Gasteiger partial charge >= 0.3 is 0 Å². The second-order valence-electron chi connectivity index (χ2n) is 3.29. The zero-order valence-electron chi connectivity index (χ0n) is 6.72. The zero-order valence-corrected chi connectivity index (χ0v) is 6.72. The quantitative estimate of drug-likeness (QED) is 0.628. The summed E-state index contributed by atoms with van der Waals surface area (Å²) in [5, 5.41) is 11.0. The van der Waals surface area contributed by atoms with Gasteiger partial charge in [-0.3, -0.25) is 0 Å². The predicted octanol–water partition coefficient (Wildman–Crippen LogP) is 0.239. The first kappa shape index (κ1) is 6.79. The molecular weight excluding hydrogens is 142 g/mol. The van der Waals surface area contributed by atoms with Crippen LogP contribution in [0.1, 0.15) is 18.7 Å². The lowest BCUT2D eigenvalue weighted by atomic mass is 9.84. The molecule has 0 spiro atoms. The molecule has 0 bridgehead atoms. The second-order valence-corrected chi connectivity index (χ2v) is 3.29. The molecule has 0 atom stereocenters. The summed E-state index contributed by atoms with van der Waals surface area (Å²) >= 11 is 0. The minimum Gasteiger partial charge on any atom is -0.425 e. The molecule has 1 aliphatic heterocycles. The highest BCUT2D eigenvalue weighted by Gasteiger charge is 2.38. The number of rotatable bonds is 1. The fourth-order valence-corrected chi connectivity index (χ4v) is 1.19. The molecule has 0 aromatic carbocycles. The maximum atomic E-state index is 5.33. The fourth-order valence-electron chi connectivity index (χ4n) is 1.19. The number of hydrogen-bond donors (Lipinski definition) is 1. The van der Waals surface area contributed by atoms with Gasteiger partial charge in [-0.25, -0.2) is 0 Å². The normalized spacial score (nSPS) is 21.3. The lowest BCUT2D eigenvalue weighted by Crippen LogP contribution is -2.54. The third kappa shape index (κ3) is 0.939. The molecule has 60 valence electrons. The number of aromatic nitrogens is 2. The van der Waals surface area contributed by atoms with E-state index in [-0.39, 0.29) is 5.41 Å². The van der Waals surface area contributed by atoms with Gasteiger partial charge in [0.1, 0.15) is 0 Å². The van der Waals surface area contributed by atoms with Crippen molar-refractivity contribution in [1.82, 2.24) is 15.5 Å². The van der Waals surface area contributed by atoms with Gasteiger partial charge in [0.15, 0.2) is 0 Å². The van der Waals surface area contributed by atoms with Crippen LogP contribution in [0.5, 0.6) is 0 Å². The zero-order chi connectivity index (χ0) is 7.90. The molecular formula is C7H11N3O. The Kier molecular flexibility index (Phi) is 1.26. The summed E-state index contributed by atoms with van der Waals surface area (Å²) in [6.45, 7) is 5.81. The van der Waals surface area contributed by atoms with Crippen LogP contribution in [0.2, 0.25) is 0 Å². The Morgan fingerprint density at radius 3 is 2.55 bits per heavy atom. The molecule has 4 heteroatoms. The molecule has 1 N–H and O–H groups in total. The Bertz CT molecular complexity index is 264. The maximum absolute atomic E-state index is 5.33. The van der Waals surface area contributed by atoms with E-state index in [0.29, 0.717) is 5.89 Å². The summed E-state index contributed by atoms with van der Waals surface area (Å²) in [4.78, 5) is 0. The summed E-state index contributed by atoms with van der Waals surface area (Å²) in [7, 11) is 0. The molecule has 2 heterocycles. The van der Waals surface area contributed by atoms with E-state index in [2.05, 4.69) is 22.4 Å². The number of nitrogens with zero attached hydrogens (tertiary/aromatic N) is 2. The molecule has 2 rings (SSSR count). The molecule has 1 aromatic heterocycles. The third-order valence-corrected chi connectivity index (χ3v) is 2.07. The average Bonchev–Trinajstić information content (AvgIpc) is 2.31. The van der Waals surface area contributed by atoms with Gasteiger partial charge in [0.05, 0.1) is 5.41 Å². The molecule has 0 radical (unpaired) electrons. The summed E-state index contributed by atoms with van der Waals surface area (Å²) in [6.07, 6.45) is 0. The van der Waals surface area contributed by atoms with Crippen molar-refractivity contribution in [3.63, 3.8) is 0 Å². The SMILES string of the molecule is Cc1nnc(C2(C)CNC2)o1. The molecule has 1 fully saturated rings. The largest absolute Gasteiger partial charge is 0.425 e. The van der Waals surface area contributed by atoms with Gasteiger partial charge in [0.2, 0.25) is 11.8 Å². The second kappa shape index (κ2) is 2.04. The Hall–Kier alpha value is -0.900. The van der Waals surface area contributed by atoms with Crippen molar-refractivity contribution in [1.29, 1.82) is 0 Å². The maximum Gasteiger partial charge on any atom is 0.224 e. The van der Waals surface area contributed by atoms with Gasteiger partial charge in [-0.2, -0.15) is 0 Å². The van der Waals surface area contributed by atoms with Gasteiger partial charge in [-0.15, -0.1) is 10.2 Å². The van der Waals surface area contributed by atoms with Gasteiger partial charge in [0, 0.05) is 20.0 Å². The molecule has 0 amide bonds. The number of nitrogens with one attached hydrogen (secondary N) is 1. The smallest absolute Gasteiger partial charge is 0.224 e. The highest BCUT2D eigenvalue weighted by atomic mass is 16.4. The van der Waals surface area contributed by atoms with E-state index in [1.165, 1.54) is 0 Å².